The Labute approximate surface area is 165 Å². The van der Waals surface area contributed by atoms with Gasteiger partial charge in [0.25, 0.3) is 0 Å². The third-order valence-electron chi connectivity index (χ3n) is 4.67. The van der Waals surface area contributed by atoms with Gasteiger partial charge in [-0.1, -0.05) is 0 Å². The van der Waals surface area contributed by atoms with Crippen LogP contribution in [0, 0.1) is 5.41 Å². The van der Waals surface area contributed by atoms with E-state index in [1.807, 2.05) is 58.5 Å². The number of hydrogen-bond donors (Lipinski definition) is 0. The van der Waals surface area contributed by atoms with Gasteiger partial charge in [-0.2, -0.15) is 0 Å². The lowest BCUT2D eigenvalue weighted by molar-refractivity contribution is -0.156. The molecule has 3 heterocycles. The third kappa shape index (κ3) is 4.02. The van der Waals surface area contributed by atoms with Crippen LogP contribution in [0.5, 0.6) is 0 Å². The Hall–Kier alpha value is -2.45. The van der Waals surface area contributed by atoms with Crippen molar-refractivity contribution in [2.24, 2.45) is 5.41 Å². The number of hydrogen-bond acceptors (Lipinski definition) is 7. The quantitative estimate of drug-likeness (QED) is 0.706. The molecule has 2 aromatic heterocycles. The highest BCUT2D eigenvalue weighted by atomic mass is 16.5. The first-order chi connectivity index (χ1) is 13.2. The normalized spacial score (nSPS) is 16.5. The van der Waals surface area contributed by atoms with Crippen molar-refractivity contribution in [3.63, 3.8) is 0 Å². The summed E-state index contributed by atoms with van der Waals surface area (Å²) >= 11 is 0. The molecule has 0 saturated heterocycles. The molecule has 8 nitrogen and oxygen atoms in total. The smallest absolute Gasteiger partial charge is 0.312 e. The van der Waals surface area contributed by atoms with Gasteiger partial charge in [-0.15, -0.1) is 0 Å². The predicted molar refractivity (Wildman–Crippen MR) is 107 cm³/mol. The summed E-state index contributed by atoms with van der Waals surface area (Å²) in [5.41, 5.74) is 2.17. The number of carbonyl (C=O) groups excluding carboxylic acids is 1. The molecule has 28 heavy (non-hydrogen) atoms. The van der Waals surface area contributed by atoms with E-state index in [1.54, 1.807) is 6.33 Å². The van der Waals surface area contributed by atoms with Crippen LogP contribution in [0.15, 0.2) is 24.8 Å². The fraction of sp³-hybridized carbons (Fsp3) is 0.550. The van der Waals surface area contributed by atoms with Gasteiger partial charge in [0.2, 0.25) is 0 Å². The van der Waals surface area contributed by atoms with E-state index in [0.29, 0.717) is 6.61 Å². The summed E-state index contributed by atoms with van der Waals surface area (Å²) in [6.45, 7) is 11.0. The molecule has 152 valence electrons. The standard InChI is InChI=1S/C20H29N5O3/c1-7-27-14(2)25-11-15(10-23(25)6)17-16-8-9-24(18(16)22-12-21-17)13-28-19(26)20(3,4)5/h8-9,11-12,14H,7,10,13H2,1-6H3. The summed E-state index contributed by atoms with van der Waals surface area (Å²) in [5.74, 6) is -0.246. The Morgan fingerprint density at radius 3 is 2.75 bits per heavy atom. The molecule has 1 unspecified atom stereocenters. The van der Waals surface area contributed by atoms with Crippen molar-refractivity contribution in [1.82, 2.24) is 24.6 Å². The van der Waals surface area contributed by atoms with Crippen molar-refractivity contribution in [3.8, 4) is 0 Å². The highest BCUT2D eigenvalue weighted by Gasteiger charge is 2.26. The van der Waals surface area contributed by atoms with Crippen molar-refractivity contribution >= 4 is 22.6 Å². The first-order valence-electron chi connectivity index (χ1n) is 9.51. The van der Waals surface area contributed by atoms with Crippen molar-refractivity contribution in [1.29, 1.82) is 0 Å². The monoisotopic (exact) mass is 387 g/mol. The number of likely N-dealkylation sites (N-methyl/N-ethyl adjacent to an activating group) is 1. The van der Waals surface area contributed by atoms with Crippen molar-refractivity contribution in [3.05, 3.63) is 30.5 Å². The summed E-state index contributed by atoms with van der Waals surface area (Å²) in [5, 5.41) is 5.10. The maximum Gasteiger partial charge on any atom is 0.312 e. The zero-order valence-electron chi connectivity index (χ0n) is 17.5. The van der Waals surface area contributed by atoms with Crippen molar-refractivity contribution in [2.75, 3.05) is 20.2 Å². The highest BCUT2D eigenvalue weighted by molar-refractivity contribution is 5.89. The van der Waals surface area contributed by atoms with Gasteiger partial charge < -0.3 is 9.47 Å². The SMILES string of the molecule is CCOC(C)N1C=C(c2ncnc3c2ccn3COC(=O)C(C)(C)C)CN1C. The molecule has 0 spiro atoms. The molecular weight excluding hydrogens is 358 g/mol. The lowest BCUT2D eigenvalue weighted by Gasteiger charge is -2.30. The first kappa shape index (κ1) is 20.3. The second-order valence-corrected chi connectivity index (χ2v) is 7.96. The lowest BCUT2D eigenvalue weighted by Crippen LogP contribution is -2.39. The molecule has 3 rings (SSSR count). The number of ether oxygens (including phenoxy) is 2. The fourth-order valence-corrected chi connectivity index (χ4v) is 3.17. The molecule has 1 aliphatic heterocycles. The van der Waals surface area contributed by atoms with Crippen LogP contribution < -0.4 is 0 Å². The van der Waals surface area contributed by atoms with Crippen LogP contribution in [-0.4, -0.2) is 56.9 Å². The topological polar surface area (TPSA) is 72.7 Å². The van der Waals surface area contributed by atoms with Crippen LogP contribution in [0.25, 0.3) is 16.6 Å². The van der Waals surface area contributed by atoms with E-state index in [-0.39, 0.29) is 18.9 Å². The first-order valence-corrected chi connectivity index (χ1v) is 9.51. The maximum atomic E-state index is 12.1. The Kier molecular flexibility index (Phi) is 5.71. The van der Waals surface area contributed by atoms with Crippen molar-refractivity contribution < 1.29 is 14.3 Å². The Morgan fingerprint density at radius 1 is 1.32 bits per heavy atom. The van der Waals surface area contributed by atoms with Gasteiger partial charge in [0.05, 0.1) is 11.1 Å². The van der Waals surface area contributed by atoms with E-state index in [0.717, 1.165) is 28.8 Å². The molecule has 8 heteroatoms. The van der Waals surface area contributed by atoms with Crippen LogP contribution >= 0.6 is 0 Å². The number of carbonyl (C=O) groups is 1. The Balaban J connectivity index is 1.85. The van der Waals surface area contributed by atoms with Gasteiger partial charge in [-0.25, -0.2) is 15.0 Å². The second kappa shape index (κ2) is 7.89. The van der Waals surface area contributed by atoms with Crippen molar-refractivity contribution in [2.45, 2.75) is 47.6 Å². The second-order valence-electron chi connectivity index (χ2n) is 7.96. The molecule has 0 bridgehead atoms. The Morgan fingerprint density at radius 2 is 2.07 bits per heavy atom. The van der Waals surface area contributed by atoms with Crippen LogP contribution in [0.4, 0.5) is 0 Å². The summed E-state index contributed by atoms with van der Waals surface area (Å²) in [4.78, 5) is 21.0. The summed E-state index contributed by atoms with van der Waals surface area (Å²) < 4.78 is 13.0. The molecule has 0 aromatic carbocycles. The minimum absolute atomic E-state index is 0.0498. The predicted octanol–water partition coefficient (Wildman–Crippen LogP) is 2.86. The van der Waals surface area contributed by atoms with Gasteiger partial charge in [-0.3, -0.25) is 14.4 Å². The number of aromatic nitrogens is 3. The number of hydrazine groups is 1. The number of rotatable bonds is 6. The molecule has 0 saturated carbocycles. The Bertz CT molecular complexity index is 884. The molecule has 0 radical (unpaired) electrons. The summed E-state index contributed by atoms with van der Waals surface area (Å²) in [6, 6.07) is 1.96. The van der Waals surface area contributed by atoms with Gasteiger partial charge >= 0.3 is 5.97 Å². The minimum Gasteiger partial charge on any atom is -0.443 e. The third-order valence-corrected chi connectivity index (χ3v) is 4.67. The van der Waals surface area contributed by atoms with Gasteiger partial charge in [0.15, 0.2) is 6.73 Å². The van der Waals surface area contributed by atoms with Crippen LogP contribution in [-0.2, 0) is 21.0 Å². The average Bonchev–Trinajstić information content (AvgIpc) is 3.22. The zero-order valence-corrected chi connectivity index (χ0v) is 17.5. The van der Waals surface area contributed by atoms with E-state index in [4.69, 9.17) is 9.47 Å². The van der Waals surface area contributed by atoms with Crippen LogP contribution in [0.3, 0.4) is 0 Å². The molecule has 0 fully saturated rings. The van der Waals surface area contributed by atoms with E-state index >= 15 is 0 Å². The zero-order chi connectivity index (χ0) is 20.5. The number of fused-ring (bicyclic) bond motifs is 1. The van der Waals surface area contributed by atoms with Crippen LogP contribution in [0.1, 0.15) is 40.3 Å². The number of esters is 1. The molecule has 1 atom stereocenters. The molecule has 0 N–H and O–H groups in total. The molecule has 0 aliphatic carbocycles. The highest BCUT2D eigenvalue weighted by Crippen LogP contribution is 2.29. The molecule has 0 amide bonds. The maximum absolute atomic E-state index is 12.1. The van der Waals surface area contributed by atoms with Gasteiger partial charge in [0.1, 0.15) is 18.2 Å². The minimum atomic E-state index is -0.539. The van der Waals surface area contributed by atoms with E-state index in [1.165, 1.54) is 0 Å². The summed E-state index contributed by atoms with van der Waals surface area (Å²) in [7, 11) is 2.02. The molecule has 1 aliphatic rings. The summed E-state index contributed by atoms with van der Waals surface area (Å²) in [6.07, 6.45) is 5.44. The lowest BCUT2D eigenvalue weighted by atomic mass is 9.98. The van der Waals surface area contributed by atoms with Crippen LogP contribution in [0.2, 0.25) is 0 Å². The largest absolute Gasteiger partial charge is 0.443 e. The average molecular weight is 387 g/mol. The fourth-order valence-electron chi connectivity index (χ4n) is 3.17. The van der Waals surface area contributed by atoms with Gasteiger partial charge in [-0.05, 0) is 40.7 Å². The van der Waals surface area contributed by atoms with E-state index in [2.05, 4.69) is 26.2 Å². The van der Waals surface area contributed by atoms with Gasteiger partial charge in [0, 0.05) is 43.6 Å². The van der Waals surface area contributed by atoms with E-state index in [9.17, 15) is 4.79 Å². The molecular formula is C20H29N5O3. The van der Waals surface area contributed by atoms with E-state index < -0.39 is 5.41 Å². The number of nitrogens with zero attached hydrogens (tertiary/aromatic N) is 5. The molecule has 2 aromatic rings.